The second-order valence-electron chi connectivity index (χ2n) is 3.43. The number of halogens is 1. The molecule has 0 bridgehead atoms. The molecule has 4 nitrogen and oxygen atoms in total. The van der Waals surface area contributed by atoms with E-state index in [4.69, 9.17) is 11.6 Å². The van der Waals surface area contributed by atoms with Gasteiger partial charge in [0.2, 0.25) is 0 Å². The second kappa shape index (κ2) is 5.30. The average Bonchev–Trinajstić information content (AvgIpc) is 2.21. The number of rotatable bonds is 4. The fourth-order valence-electron chi connectivity index (χ4n) is 1.28. The van der Waals surface area contributed by atoms with Crippen molar-refractivity contribution in [2.75, 3.05) is 5.88 Å². The number of aromatic nitrogens is 1. The van der Waals surface area contributed by atoms with E-state index in [1.807, 2.05) is 0 Å². The first-order valence-electron chi connectivity index (χ1n) is 4.67. The van der Waals surface area contributed by atoms with Crippen LogP contribution in [0.25, 0.3) is 0 Å². The molecule has 2 atom stereocenters. The smallest absolute Gasteiger partial charge is 0.250 e. The predicted octanol–water partition coefficient (Wildman–Crippen LogP) is 0.707. The summed E-state index contributed by atoms with van der Waals surface area (Å²) in [7, 11) is 0. The molecule has 0 aliphatic carbocycles. The third-order valence-corrected chi connectivity index (χ3v) is 2.44. The number of aliphatic hydroxyl groups excluding tert-OH is 2. The lowest BCUT2D eigenvalue weighted by Crippen LogP contribution is -2.20. The van der Waals surface area contributed by atoms with Gasteiger partial charge in [-0.1, -0.05) is 0 Å². The molecule has 0 saturated carbocycles. The molecular formula is C10H14ClNO3. The Labute approximate surface area is 92.5 Å². The molecule has 0 aliphatic rings. The first-order chi connectivity index (χ1) is 7.06. The van der Waals surface area contributed by atoms with E-state index >= 15 is 0 Å². The van der Waals surface area contributed by atoms with Gasteiger partial charge in [-0.2, -0.15) is 0 Å². The molecule has 3 N–H and O–H groups in total. The van der Waals surface area contributed by atoms with Gasteiger partial charge in [0.1, 0.15) is 6.10 Å². The van der Waals surface area contributed by atoms with Crippen LogP contribution in [0.15, 0.2) is 17.1 Å². The summed E-state index contributed by atoms with van der Waals surface area (Å²) in [5.74, 6) is 0.278. The number of nitrogens with one attached hydrogen (secondary N) is 1. The second-order valence-corrected chi connectivity index (χ2v) is 3.81. The van der Waals surface area contributed by atoms with Gasteiger partial charge in [-0.05, 0) is 25.0 Å². The van der Waals surface area contributed by atoms with Crippen LogP contribution in [-0.4, -0.2) is 27.2 Å². The summed E-state index contributed by atoms with van der Waals surface area (Å²) in [6.45, 7) is 1.64. The molecule has 0 saturated heterocycles. The summed E-state index contributed by atoms with van der Waals surface area (Å²) in [5.41, 5.74) is 0.798. The van der Waals surface area contributed by atoms with Crippen molar-refractivity contribution in [2.45, 2.75) is 25.6 Å². The number of hydrogen-bond donors (Lipinski definition) is 3. The highest BCUT2D eigenvalue weighted by molar-refractivity contribution is 6.17. The zero-order valence-electron chi connectivity index (χ0n) is 8.40. The average molecular weight is 232 g/mol. The molecule has 1 heterocycles. The van der Waals surface area contributed by atoms with Crippen LogP contribution in [0.2, 0.25) is 0 Å². The predicted molar refractivity (Wildman–Crippen MR) is 58.1 cm³/mol. The van der Waals surface area contributed by atoms with Crippen molar-refractivity contribution in [1.82, 2.24) is 4.98 Å². The van der Waals surface area contributed by atoms with E-state index in [9.17, 15) is 15.0 Å². The molecule has 0 amide bonds. The van der Waals surface area contributed by atoms with Gasteiger partial charge in [0.05, 0.1) is 6.10 Å². The van der Waals surface area contributed by atoms with E-state index in [1.165, 1.54) is 6.20 Å². The lowest BCUT2D eigenvalue weighted by atomic mass is 10.0. The largest absolute Gasteiger partial charge is 0.390 e. The highest BCUT2D eigenvalue weighted by Gasteiger charge is 2.18. The minimum Gasteiger partial charge on any atom is -0.390 e. The van der Waals surface area contributed by atoms with Crippen molar-refractivity contribution >= 4 is 11.6 Å². The monoisotopic (exact) mass is 231 g/mol. The highest BCUT2D eigenvalue weighted by Crippen LogP contribution is 2.18. The van der Waals surface area contributed by atoms with E-state index in [2.05, 4.69) is 4.98 Å². The summed E-state index contributed by atoms with van der Waals surface area (Å²) < 4.78 is 0. The minimum absolute atomic E-state index is 0.196. The Balaban J connectivity index is 2.86. The first kappa shape index (κ1) is 12.2. The van der Waals surface area contributed by atoms with E-state index in [1.54, 1.807) is 13.0 Å². The van der Waals surface area contributed by atoms with Gasteiger partial charge in [-0.3, -0.25) is 4.79 Å². The van der Waals surface area contributed by atoms with Crippen molar-refractivity contribution in [3.63, 3.8) is 0 Å². The minimum atomic E-state index is -1.01. The Hall–Kier alpha value is -0.840. The maximum absolute atomic E-state index is 11.1. The van der Waals surface area contributed by atoms with Gasteiger partial charge in [-0.15, -0.1) is 11.6 Å². The number of H-pyrrole nitrogens is 1. The summed E-state index contributed by atoms with van der Waals surface area (Å²) in [4.78, 5) is 13.6. The molecule has 84 valence electrons. The number of aryl methyl sites for hydroxylation is 1. The van der Waals surface area contributed by atoms with Crippen LogP contribution < -0.4 is 5.56 Å². The Bertz CT molecular complexity index is 377. The van der Waals surface area contributed by atoms with Gasteiger partial charge in [0.15, 0.2) is 0 Å². The number of hydrogen-bond acceptors (Lipinski definition) is 3. The zero-order chi connectivity index (χ0) is 11.4. The number of pyridine rings is 1. The molecule has 1 rings (SSSR count). The fourth-order valence-corrected chi connectivity index (χ4v) is 1.51. The van der Waals surface area contributed by atoms with Crippen LogP contribution in [0, 0.1) is 6.92 Å². The number of aromatic amines is 1. The molecule has 0 spiro atoms. The fraction of sp³-hybridized carbons (Fsp3) is 0.500. The van der Waals surface area contributed by atoms with Gasteiger partial charge < -0.3 is 15.2 Å². The van der Waals surface area contributed by atoms with E-state index in [-0.39, 0.29) is 11.4 Å². The Morgan fingerprint density at radius 1 is 1.53 bits per heavy atom. The highest BCUT2D eigenvalue weighted by atomic mass is 35.5. The van der Waals surface area contributed by atoms with Crippen LogP contribution in [0.3, 0.4) is 0 Å². The van der Waals surface area contributed by atoms with Gasteiger partial charge in [-0.25, -0.2) is 0 Å². The van der Waals surface area contributed by atoms with E-state index in [0.29, 0.717) is 17.5 Å². The van der Waals surface area contributed by atoms with Crippen molar-refractivity contribution in [2.24, 2.45) is 0 Å². The summed E-state index contributed by atoms with van der Waals surface area (Å²) in [6.07, 6.45) is -0.217. The Morgan fingerprint density at radius 2 is 2.20 bits per heavy atom. The molecule has 1 aromatic rings. The molecule has 2 unspecified atom stereocenters. The van der Waals surface area contributed by atoms with E-state index < -0.39 is 12.2 Å². The van der Waals surface area contributed by atoms with Gasteiger partial charge in [0, 0.05) is 17.6 Å². The molecular weight excluding hydrogens is 218 g/mol. The summed E-state index contributed by atoms with van der Waals surface area (Å²) >= 11 is 5.46. The molecule has 1 aromatic heterocycles. The quantitative estimate of drug-likeness (QED) is 0.668. The Morgan fingerprint density at radius 3 is 2.73 bits per heavy atom. The SMILES string of the molecule is Cc1cc(C(O)C(O)CCCl)c[nH]c1=O. The lowest BCUT2D eigenvalue weighted by Gasteiger charge is -2.17. The number of alkyl halides is 1. The maximum Gasteiger partial charge on any atom is 0.250 e. The normalized spacial score (nSPS) is 14.9. The topological polar surface area (TPSA) is 73.3 Å². The molecule has 0 radical (unpaired) electrons. The van der Waals surface area contributed by atoms with Gasteiger partial charge >= 0.3 is 0 Å². The van der Waals surface area contributed by atoms with Crippen LogP contribution in [0.1, 0.15) is 23.7 Å². The summed E-state index contributed by atoms with van der Waals surface area (Å²) in [5, 5.41) is 19.2. The van der Waals surface area contributed by atoms with Crippen molar-refractivity contribution in [3.05, 3.63) is 33.7 Å². The lowest BCUT2D eigenvalue weighted by molar-refractivity contribution is 0.0167. The standard InChI is InChI=1S/C10H14ClNO3/c1-6-4-7(5-12-10(6)15)9(14)8(13)2-3-11/h4-5,8-9,13-14H,2-3H2,1H3,(H,12,15). The third-order valence-electron chi connectivity index (χ3n) is 2.22. The zero-order valence-corrected chi connectivity index (χ0v) is 9.16. The van der Waals surface area contributed by atoms with Crippen molar-refractivity contribution < 1.29 is 10.2 Å². The molecule has 5 heteroatoms. The van der Waals surface area contributed by atoms with Crippen LogP contribution in [-0.2, 0) is 0 Å². The maximum atomic E-state index is 11.1. The molecule has 0 fully saturated rings. The summed E-state index contributed by atoms with van der Waals surface area (Å²) in [6, 6.07) is 1.56. The molecule has 0 aromatic carbocycles. The first-order valence-corrected chi connectivity index (χ1v) is 5.21. The third kappa shape index (κ3) is 3.06. The van der Waals surface area contributed by atoms with Crippen LogP contribution >= 0.6 is 11.6 Å². The van der Waals surface area contributed by atoms with Crippen molar-refractivity contribution in [3.8, 4) is 0 Å². The van der Waals surface area contributed by atoms with Crippen LogP contribution in [0.4, 0.5) is 0 Å². The van der Waals surface area contributed by atoms with Crippen molar-refractivity contribution in [1.29, 1.82) is 0 Å². The van der Waals surface area contributed by atoms with Gasteiger partial charge in [0.25, 0.3) is 5.56 Å². The molecule has 0 aliphatic heterocycles. The molecule has 15 heavy (non-hydrogen) atoms. The Kier molecular flexibility index (Phi) is 4.32. The van der Waals surface area contributed by atoms with Crippen LogP contribution in [0.5, 0.6) is 0 Å². The van der Waals surface area contributed by atoms with E-state index in [0.717, 1.165) is 0 Å². The number of aliphatic hydroxyl groups is 2.